The van der Waals surface area contributed by atoms with E-state index in [-0.39, 0.29) is 36.2 Å². The number of fused-ring (bicyclic) bond motifs is 2. The minimum absolute atomic E-state index is 0.0207. The van der Waals surface area contributed by atoms with Gasteiger partial charge in [0, 0.05) is 49.6 Å². The zero-order valence-corrected chi connectivity index (χ0v) is 20.8. The van der Waals surface area contributed by atoms with E-state index >= 15 is 0 Å². The number of carbonyl (C=O) groups is 2. The highest BCUT2D eigenvalue weighted by Crippen LogP contribution is 2.45. The van der Waals surface area contributed by atoms with Gasteiger partial charge in [0.25, 0.3) is 5.91 Å². The average Bonchev–Trinajstić information content (AvgIpc) is 3.35. The van der Waals surface area contributed by atoms with Crippen LogP contribution in [0.5, 0.6) is 0 Å². The highest BCUT2D eigenvalue weighted by atomic mass is 35.5. The number of benzene rings is 2. The average molecular weight is 518 g/mol. The summed E-state index contributed by atoms with van der Waals surface area (Å²) >= 11 is 11.9. The molecule has 2 amide bonds. The van der Waals surface area contributed by atoms with E-state index in [0.29, 0.717) is 41.9 Å². The highest BCUT2D eigenvalue weighted by molar-refractivity contribution is 6.42. The van der Waals surface area contributed by atoms with Gasteiger partial charge in [-0.2, -0.15) is 0 Å². The van der Waals surface area contributed by atoms with Gasteiger partial charge in [0.15, 0.2) is 0 Å². The van der Waals surface area contributed by atoms with Crippen LogP contribution in [-0.2, 0) is 15.1 Å². The van der Waals surface area contributed by atoms with Crippen molar-refractivity contribution in [1.82, 2.24) is 15.1 Å². The number of halogens is 2. The molecule has 0 spiro atoms. The van der Waals surface area contributed by atoms with Gasteiger partial charge in [0.05, 0.1) is 29.8 Å². The van der Waals surface area contributed by atoms with Crippen LogP contribution >= 0.6 is 23.2 Å². The fourth-order valence-corrected chi connectivity index (χ4v) is 6.01. The maximum absolute atomic E-state index is 12.8. The predicted octanol–water partition coefficient (Wildman–Crippen LogP) is 2.79. The molecule has 2 aromatic rings. The molecular formula is C26H29Cl2N3O4. The van der Waals surface area contributed by atoms with Crippen molar-refractivity contribution in [2.75, 3.05) is 45.9 Å². The molecule has 2 bridgehead atoms. The number of hydrogen-bond donors (Lipinski definition) is 2. The second-order valence-corrected chi connectivity index (χ2v) is 10.5. The molecule has 35 heavy (non-hydrogen) atoms. The van der Waals surface area contributed by atoms with E-state index in [1.165, 1.54) is 6.07 Å². The first kappa shape index (κ1) is 24.5. The standard InChI is InChI=1S/C26H29Cl2N3O4/c27-22-7-6-17(10-23(22)28)25(33)29-11-24(32)30-9-8-21(14-30)31-12-19-15-35-16-20(13-31)26(19,34)18-4-2-1-3-5-18/h1-7,10,19-21,34H,8-9,11-16H2,(H,29,33)/t19-,20+,21?,26?. The van der Waals surface area contributed by atoms with Gasteiger partial charge in [0.2, 0.25) is 5.91 Å². The summed E-state index contributed by atoms with van der Waals surface area (Å²) in [5.74, 6) is -0.515. The second-order valence-electron chi connectivity index (χ2n) is 9.67. The Morgan fingerprint density at radius 2 is 1.74 bits per heavy atom. The normalized spacial score (nSPS) is 28.7. The van der Waals surface area contributed by atoms with Crippen molar-refractivity contribution >= 4 is 35.0 Å². The summed E-state index contributed by atoms with van der Waals surface area (Å²) < 4.78 is 5.82. The summed E-state index contributed by atoms with van der Waals surface area (Å²) in [4.78, 5) is 29.4. The number of hydrogen-bond acceptors (Lipinski definition) is 5. The van der Waals surface area contributed by atoms with E-state index in [4.69, 9.17) is 27.9 Å². The number of nitrogens with one attached hydrogen (secondary N) is 1. The summed E-state index contributed by atoms with van der Waals surface area (Å²) in [6.07, 6.45) is 0.872. The van der Waals surface area contributed by atoms with Crippen molar-refractivity contribution in [3.05, 3.63) is 69.7 Å². The molecule has 3 fully saturated rings. The summed E-state index contributed by atoms with van der Waals surface area (Å²) in [5.41, 5.74) is 0.428. The molecule has 3 aliphatic rings. The highest BCUT2D eigenvalue weighted by Gasteiger charge is 2.53. The lowest BCUT2D eigenvalue weighted by Crippen LogP contribution is -2.63. The zero-order valence-electron chi connectivity index (χ0n) is 19.3. The molecule has 0 aliphatic carbocycles. The Kier molecular flexibility index (Phi) is 7.06. The Hall–Kier alpha value is -2.16. The van der Waals surface area contributed by atoms with Gasteiger partial charge in [-0.3, -0.25) is 14.5 Å². The van der Waals surface area contributed by atoms with Gasteiger partial charge in [-0.1, -0.05) is 53.5 Å². The molecular weight excluding hydrogens is 489 g/mol. The van der Waals surface area contributed by atoms with Crippen molar-refractivity contribution < 1.29 is 19.4 Å². The quantitative estimate of drug-likeness (QED) is 0.637. The molecule has 2 aromatic carbocycles. The van der Waals surface area contributed by atoms with Crippen LogP contribution in [0, 0.1) is 11.8 Å². The first-order valence-electron chi connectivity index (χ1n) is 12.0. The number of rotatable bonds is 5. The summed E-state index contributed by atoms with van der Waals surface area (Å²) in [5, 5.41) is 15.1. The molecule has 2 unspecified atom stereocenters. The molecule has 0 saturated carbocycles. The fraction of sp³-hybridized carbons (Fsp3) is 0.462. The van der Waals surface area contributed by atoms with Gasteiger partial charge in [-0.05, 0) is 30.2 Å². The number of aliphatic hydroxyl groups is 1. The fourth-order valence-electron chi connectivity index (χ4n) is 5.71. The molecule has 4 atom stereocenters. The Morgan fingerprint density at radius 3 is 2.43 bits per heavy atom. The van der Waals surface area contributed by atoms with E-state index in [1.54, 1.807) is 12.1 Å². The van der Waals surface area contributed by atoms with Gasteiger partial charge in [-0.15, -0.1) is 0 Å². The first-order valence-corrected chi connectivity index (χ1v) is 12.7. The monoisotopic (exact) mass is 517 g/mol. The molecule has 3 aliphatic heterocycles. The van der Waals surface area contributed by atoms with Crippen LogP contribution in [-0.4, -0.2) is 78.7 Å². The minimum atomic E-state index is -0.890. The van der Waals surface area contributed by atoms with E-state index in [9.17, 15) is 14.7 Å². The van der Waals surface area contributed by atoms with Crippen LogP contribution in [0.4, 0.5) is 0 Å². The van der Waals surface area contributed by atoms with Gasteiger partial charge in [-0.25, -0.2) is 0 Å². The van der Waals surface area contributed by atoms with E-state index in [1.807, 2.05) is 35.2 Å². The second kappa shape index (κ2) is 10.1. The first-order chi connectivity index (χ1) is 16.9. The molecule has 3 heterocycles. The van der Waals surface area contributed by atoms with Crippen LogP contribution in [0.3, 0.4) is 0 Å². The number of piperidine rings is 1. The molecule has 7 nitrogen and oxygen atoms in total. The number of likely N-dealkylation sites (tertiary alicyclic amines) is 2. The maximum atomic E-state index is 12.8. The summed E-state index contributed by atoms with van der Waals surface area (Å²) in [7, 11) is 0. The lowest BCUT2D eigenvalue weighted by Gasteiger charge is -2.54. The molecule has 0 aromatic heterocycles. The lowest BCUT2D eigenvalue weighted by molar-refractivity contribution is -0.202. The van der Waals surface area contributed by atoms with Crippen molar-refractivity contribution in [2.45, 2.75) is 18.1 Å². The van der Waals surface area contributed by atoms with Crippen molar-refractivity contribution in [3.63, 3.8) is 0 Å². The van der Waals surface area contributed by atoms with E-state index in [2.05, 4.69) is 10.2 Å². The number of nitrogens with zero attached hydrogens (tertiary/aromatic N) is 2. The Morgan fingerprint density at radius 1 is 1.03 bits per heavy atom. The Balaban J connectivity index is 1.17. The molecule has 186 valence electrons. The minimum Gasteiger partial charge on any atom is -0.384 e. The van der Waals surface area contributed by atoms with Gasteiger partial charge >= 0.3 is 0 Å². The number of amides is 2. The lowest BCUT2D eigenvalue weighted by atomic mass is 9.68. The molecule has 3 saturated heterocycles. The molecule has 0 radical (unpaired) electrons. The Labute approximate surface area is 214 Å². The van der Waals surface area contributed by atoms with Crippen LogP contribution in [0.25, 0.3) is 0 Å². The third kappa shape index (κ3) is 4.80. The maximum Gasteiger partial charge on any atom is 0.251 e. The SMILES string of the molecule is O=C(NCC(=O)N1CCC(N2C[C@H]3COC[C@@H](C2)C3(O)c2ccccc2)C1)c1ccc(Cl)c(Cl)c1. The summed E-state index contributed by atoms with van der Waals surface area (Å²) in [6, 6.07) is 14.8. The molecule has 2 N–H and O–H groups in total. The van der Waals surface area contributed by atoms with Crippen molar-refractivity contribution in [3.8, 4) is 0 Å². The zero-order chi connectivity index (χ0) is 24.6. The molecule has 5 rings (SSSR count). The number of carbonyl (C=O) groups excluding carboxylic acids is 2. The van der Waals surface area contributed by atoms with Crippen LogP contribution in [0.15, 0.2) is 48.5 Å². The van der Waals surface area contributed by atoms with E-state index < -0.39 is 5.60 Å². The Bertz CT molecular complexity index is 1090. The summed E-state index contributed by atoms with van der Waals surface area (Å²) in [6.45, 7) is 3.69. The van der Waals surface area contributed by atoms with Crippen molar-refractivity contribution in [2.24, 2.45) is 11.8 Å². The third-order valence-electron chi connectivity index (χ3n) is 7.64. The largest absolute Gasteiger partial charge is 0.384 e. The number of ether oxygens (including phenoxy) is 1. The topological polar surface area (TPSA) is 82.1 Å². The van der Waals surface area contributed by atoms with E-state index in [0.717, 1.165) is 25.1 Å². The van der Waals surface area contributed by atoms with Crippen LogP contribution in [0.1, 0.15) is 22.3 Å². The van der Waals surface area contributed by atoms with Crippen LogP contribution in [0.2, 0.25) is 10.0 Å². The molecule has 9 heteroatoms. The van der Waals surface area contributed by atoms with Crippen LogP contribution < -0.4 is 5.32 Å². The van der Waals surface area contributed by atoms with Crippen molar-refractivity contribution in [1.29, 1.82) is 0 Å². The smallest absolute Gasteiger partial charge is 0.251 e. The van der Waals surface area contributed by atoms with Gasteiger partial charge in [0.1, 0.15) is 5.60 Å². The predicted molar refractivity (Wildman–Crippen MR) is 133 cm³/mol. The van der Waals surface area contributed by atoms with Gasteiger partial charge < -0.3 is 20.1 Å². The third-order valence-corrected chi connectivity index (χ3v) is 8.38.